The molecule has 2 nitrogen and oxygen atoms in total. The third kappa shape index (κ3) is 3.18. The van der Waals surface area contributed by atoms with Gasteiger partial charge in [0, 0.05) is 0 Å². The SMILES string of the molecule is CC(C)Cc1cc(-c2ccc3c(c2)c2cccc4c5ccccc5n3c42)nc[c]1[Ge]([CH3])([CH3])[CH3]. The van der Waals surface area contributed by atoms with E-state index in [0.717, 1.165) is 12.1 Å². The maximum absolute atomic E-state index is 4.98. The van der Waals surface area contributed by atoms with Crippen molar-refractivity contribution in [3.8, 4) is 11.3 Å². The summed E-state index contributed by atoms with van der Waals surface area (Å²) in [6.07, 6.45) is 3.31. The minimum atomic E-state index is -1.98. The standard InChI is InChI=1S/C30H30GeN2/c1-19(2)15-21-17-27(32-18-26(21)31(3,4)5)20-13-14-29-25(16-20)24-11-8-10-23-22-9-6-7-12-28(22)33(29)30(23)24/h6-14,16-19H,15H2,1-5H3. The van der Waals surface area contributed by atoms with Crippen LogP contribution in [0.1, 0.15) is 19.4 Å². The van der Waals surface area contributed by atoms with Crippen molar-refractivity contribution in [2.45, 2.75) is 37.5 Å². The van der Waals surface area contributed by atoms with Crippen molar-refractivity contribution in [2.75, 3.05) is 0 Å². The molecule has 3 heteroatoms. The summed E-state index contributed by atoms with van der Waals surface area (Å²) in [7, 11) is 0. The van der Waals surface area contributed by atoms with Gasteiger partial charge in [0.25, 0.3) is 0 Å². The molecule has 6 rings (SSSR count). The van der Waals surface area contributed by atoms with Crippen molar-refractivity contribution in [2.24, 2.45) is 5.92 Å². The van der Waals surface area contributed by atoms with Crippen LogP contribution in [0.3, 0.4) is 0 Å². The number of hydrogen-bond acceptors (Lipinski definition) is 1. The molecule has 0 atom stereocenters. The zero-order valence-corrected chi connectivity index (χ0v) is 22.2. The molecule has 33 heavy (non-hydrogen) atoms. The van der Waals surface area contributed by atoms with Crippen LogP contribution in [0, 0.1) is 5.92 Å². The van der Waals surface area contributed by atoms with Gasteiger partial charge in [0.05, 0.1) is 0 Å². The first-order chi connectivity index (χ1) is 15.8. The van der Waals surface area contributed by atoms with E-state index in [4.69, 9.17) is 4.98 Å². The molecule has 3 aromatic heterocycles. The van der Waals surface area contributed by atoms with Gasteiger partial charge in [-0.1, -0.05) is 6.07 Å². The molecule has 0 unspecified atom stereocenters. The number of benzene rings is 3. The van der Waals surface area contributed by atoms with Crippen LogP contribution in [0.15, 0.2) is 72.9 Å². The molecule has 0 saturated carbocycles. The average molecular weight is 491 g/mol. The molecule has 0 bridgehead atoms. The summed E-state index contributed by atoms with van der Waals surface area (Å²) in [6, 6.07) is 24.7. The Morgan fingerprint density at radius 1 is 0.788 bits per heavy atom. The molecule has 6 aromatic rings. The van der Waals surface area contributed by atoms with E-state index in [2.05, 4.69) is 108 Å². The molecule has 3 heterocycles. The molecule has 0 spiro atoms. The number of rotatable bonds is 4. The zero-order valence-electron chi connectivity index (χ0n) is 20.1. The molecular formula is C30H30GeN2. The second-order valence-electron chi connectivity index (χ2n) is 10.9. The molecule has 0 aliphatic rings. The van der Waals surface area contributed by atoms with Gasteiger partial charge in [-0.15, -0.1) is 0 Å². The van der Waals surface area contributed by atoms with E-state index in [-0.39, 0.29) is 0 Å². The first-order valence-corrected chi connectivity index (χ1v) is 19.3. The monoisotopic (exact) mass is 492 g/mol. The van der Waals surface area contributed by atoms with Crippen molar-refractivity contribution in [1.29, 1.82) is 0 Å². The molecule has 0 amide bonds. The molecule has 164 valence electrons. The predicted octanol–water partition coefficient (Wildman–Crippen LogP) is 7.64. The van der Waals surface area contributed by atoms with Gasteiger partial charge in [0.1, 0.15) is 0 Å². The van der Waals surface area contributed by atoms with Gasteiger partial charge in [0.2, 0.25) is 0 Å². The van der Waals surface area contributed by atoms with Crippen LogP contribution in [0.2, 0.25) is 17.3 Å². The Bertz CT molecular complexity index is 1650. The molecule has 0 aliphatic heterocycles. The Morgan fingerprint density at radius 3 is 2.24 bits per heavy atom. The summed E-state index contributed by atoms with van der Waals surface area (Å²) in [5, 5.41) is 5.29. The summed E-state index contributed by atoms with van der Waals surface area (Å²) >= 11 is -1.98. The fourth-order valence-corrected chi connectivity index (χ4v) is 8.87. The van der Waals surface area contributed by atoms with E-state index in [0.29, 0.717) is 5.92 Å². The van der Waals surface area contributed by atoms with E-state index in [1.54, 1.807) is 4.40 Å². The molecule has 0 radical (unpaired) electrons. The van der Waals surface area contributed by atoms with E-state index >= 15 is 0 Å². The van der Waals surface area contributed by atoms with Crippen molar-refractivity contribution < 1.29 is 0 Å². The van der Waals surface area contributed by atoms with E-state index in [9.17, 15) is 0 Å². The number of aromatic nitrogens is 2. The summed E-state index contributed by atoms with van der Waals surface area (Å²) < 4.78 is 3.98. The van der Waals surface area contributed by atoms with Gasteiger partial charge >= 0.3 is 192 Å². The van der Waals surface area contributed by atoms with E-state index in [1.807, 2.05) is 0 Å². The topological polar surface area (TPSA) is 17.3 Å². The van der Waals surface area contributed by atoms with Gasteiger partial charge in [-0.25, -0.2) is 0 Å². The molecule has 0 fully saturated rings. The Kier molecular flexibility index (Phi) is 4.61. The first kappa shape index (κ1) is 20.7. The van der Waals surface area contributed by atoms with Gasteiger partial charge in [0.15, 0.2) is 0 Å². The van der Waals surface area contributed by atoms with Crippen LogP contribution in [-0.4, -0.2) is 22.7 Å². The third-order valence-corrected chi connectivity index (χ3v) is 11.3. The number of nitrogens with zero attached hydrogens (tertiary/aromatic N) is 2. The molecule has 0 saturated heterocycles. The Hall–Kier alpha value is -2.85. The van der Waals surface area contributed by atoms with Crippen LogP contribution in [0.25, 0.3) is 49.4 Å². The fraction of sp³-hybridized carbons (Fsp3) is 0.233. The van der Waals surface area contributed by atoms with Crippen LogP contribution in [-0.2, 0) is 6.42 Å². The summed E-state index contributed by atoms with van der Waals surface area (Å²) in [6.45, 7) is 4.63. The van der Waals surface area contributed by atoms with Crippen LogP contribution >= 0.6 is 0 Å². The van der Waals surface area contributed by atoms with Crippen LogP contribution in [0.5, 0.6) is 0 Å². The number of fused-ring (bicyclic) bond motifs is 6. The summed E-state index contributed by atoms with van der Waals surface area (Å²) in [5.74, 6) is 8.04. The zero-order chi connectivity index (χ0) is 22.9. The molecular weight excluding hydrogens is 461 g/mol. The second-order valence-corrected chi connectivity index (χ2v) is 21.4. The minimum absolute atomic E-state index is 0.639. The van der Waals surface area contributed by atoms with E-state index in [1.165, 1.54) is 49.2 Å². The Balaban J connectivity index is 1.59. The van der Waals surface area contributed by atoms with Crippen LogP contribution in [0.4, 0.5) is 0 Å². The molecule has 0 N–H and O–H groups in total. The van der Waals surface area contributed by atoms with Gasteiger partial charge < -0.3 is 0 Å². The maximum atomic E-state index is 4.98. The number of hydrogen-bond donors (Lipinski definition) is 0. The van der Waals surface area contributed by atoms with Crippen molar-refractivity contribution >= 4 is 55.8 Å². The quantitative estimate of drug-likeness (QED) is 0.232. The van der Waals surface area contributed by atoms with Crippen molar-refractivity contribution in [1.82, 2.24) is 9.38 Å². The van der Waals surface area contributed by atoms with Gasteiger partial charge in [-0.2, -0.15) is 0 Å². The summed E-state index contributed by atoms with van der Waals surface area (Å²) in [4.78, 5) is 4.98. The Morgan fingerprint density at radius 2 is 1.48 bits per heavy atom. The second kappa shape index (κ2) is 7.33. The van der Waals surface area contributed by atoms with Crippen molar-refractivity contribution in [3.63, 3.8) is 0 Å². The normalized spacial score (nSPS) is 12.8. The number of pyridine rings is 1. The molecule has 0 aliphatic carbocycles. The summed E-state index contributed by atoms with van der Waals surface area (Å²) in [5.41, 5.74) is 7.69. The van der Waals surface area contributed by atoms with Crippen molar-refractivity contribution in [3.05, 3.63) is 78.5 Å². The Labute approximate surface area is 198 Å². The fourth-order valence-electron chi connectivity index (χ4n) is 5.53. The van der Waals surface area contributed by atoms with Crippen LogP contribution < -0.4 is 4.40 Å². The van der Waals surface area contributed by atoms with Gasteiger partial charge in [-0.05, 0) is 0 Å². The predicted molar refractivity (Wildman–Crippen MR) is 146 cm³/mol. The number of para-hydroxylation sites is 2. The third-order valence-electron chi connectivity index (χ3n) is 6.94. The molecule has 3 aromatic carbocycles. The average Bonchev–Trinajstić information content (AvgIpc) is 3.29. The first-order valence-electron chi connectivity index (χ1n) is 12.0. The van der Waals surface area contributed by atoms with Gasteiger partial charge in [-0.3, -0.25) is 0 Å². The van der Waals surface area contributed by atoms with E-state index < -0.39 is 13.3 Å².